The summed E-state index contributed by atoms with van der Waals surface area (Å²) in [5.74, 6) is -1.55. The molecule has 0 aliphatic heterocycles. The molecule has 0 fully saturated rings. The maximum Gasteiger partial charge on any atom is 0.516 e. The summed E-state index contributed by atoms with van der Waals surface area (Å²) in [6, 6.07) is 15.2. The second-order valence-electron chi connectivity index (χ2n) is 8.40. The third-order valence-corrected chi connectivity index (χ3v) is 6.76. The van der Waals surface area contributed by atoms with Crippen LogP contribution >= 0.6 is 8.03 Å². The standard InChI is InChI=1S/C27H25FNO5P/c1-5-34-22(31)15-21(30)27(35(32)33)24-23(18-11-13-20(28)14-12-18)17(4)26(29-25(24)16(2)3)19-9-7-6-8-10-19/h1,6-14,16,21,27,30H,15H2,2-4H3/p+1. The van der Waals surface area contributed by atoms with Crippen LogP contribution in [0, 0.1) is 25.3 Å². The van der Waals surface area contributed by atoms with Gasteiger partial charge in [0.05, 0.1) is 17.8 Å². The van der Waals surface area contributed by atoms with Crippen molar-refractivity contribution in [1.82, 2.24) is 4.98 Å². The van der Waals surface area contributed by atoms with Gasteiger partial charge in [0.15, 0.2) is 0 Å². The highest BCUT2D eigenvalue weighted by molar-refractivity contribution is 7.38. The summed E-state index contributed by atoms with van der Waals surface area (Å²) in [7, 11) is -3.02. The van der Waals surface area contributed by atoms with E-state index >= 15 is 0 Å². The van der Waals surface area contributed by atoms with Crippen molar-refractivity contribution >= 4 is 14.0 Å². The first-order valence-electron chi connectivity index (χ1n) is 11.0. The zero-order chi connectivity index (χ0) is 25.7. The average molecular weight is 494 g/mol. The van der Waals surface area contributed by atoms with E-state index in [9.17, 15) is 23.7 Å². The summed E-state index contributed by atoms with van der Waals surface area (Å²) in [4.78, 5) is 27.2. The molecule has 0 saturated heterocycles. The fourth-order valence-electron chi connectivity index (χ4n) is 4.16. The number of carbonyl (C=O) groups excluding carboxylic acids is 1. The summed E-state index contributed by atoms with van der Waals surface area (Å²) < 4.78 is 30.9. The molecular weight excluding hydrogens is 468 g/mol. The molecule has 3 aromatic rings. The fraction of sp³-hybridized carbons (Fsp3) is 0.259. The summed E-state index contributed by atoms with van der Waals surface area (Å²) in [5.41, 5.74) is 2.76. The number of carbonyl (C=O) groups is 1. The Morgan fingerprint density at radius 3 is 2.31 bits per heavy atom. The van der Waals surface area contributed by atoms with Gasteiger partial charge < -0.3 is 9.84 Å². The van der Waals surface area contributed by atoms with E-state index in [0.717, 1.165) is 5.56 Å². The van der Waals surface area contributed by atoms with E-state index in [1.165, 1.54) is 12.1 Å². The number of pyridine rings is 1. The van der Waals surface area contributed by atoms with Crippen LogP contribution in [0.3, 0.4) is 0 Å². The van der Waals surface area contributed by atoms with E-state index < -0.39 is 38.0 Å². The Bertz CT molecular complexity index is 1270. The van der Waals surface area contributed by atoms with Crippen molar-refractivity contribution in [3.8, 4) is 34.9 Å². The maximum atomic E-state index is 13.8. The predicted octanol–water partition coefficient (Wildman–Crippen LogP) is 5.65. The zero-order valence-electron chi connectivity index (χ0n) is 19.6. The number of aromatic nitrogens is 1. The lowest BCUT2D eigenvalue weighted by Gasteiger charge is -2.24. The van der Waals surface area contributed by atoms with Crippen LogP contribution in [0.5, 0.6) is 0 Å². The van der Waals surface area contributed by atoms with Crippen molar-refractivity contribution in [3.05, 3.63) is 77.2 Å². The van der Waals surface area contributed by atoms with Crippen LogP contribution in [0.2, 0.25) is 0 Å². The molecule has 0 aliphatic carbocycles. The first kappa shape index (κ1) is 26.2. The monoisotopic (exact) mass is 494 g/mol. The SMILES string of the molecule is C#COC(=O)CC(O)C(c1c(C(C)C)nc(-c2ccccc2)c(C)c1-c1ccc(F)cc1)[P+](=O)O. The number of ether oxygens (including phenoxy) is 1. The number of rotatable bonds is 8. The van der Waals surface area contributed by atoms with Gasteiger partial charge in [0.25, 0.3) is 0 Å². The third kappa shape index (κ3) is 5.80. The van der Waals surface area contributed by atoms with E-state index in [1.807, 2.05) is 51.1 Å². The van der Waals surface area contributed by atoms with Gasteiger partial charge in [-0.2, -0.15) is 4.89 Å². The van der Waals surface area contributed by atoms with E-state index in [1.54, 1.807) is 18.2 Å². The first-order chi connectivity index (χ1) is 16.6. The minimum absolute atomic E-state index is 0.213. The summed E-state index contributed by atoms with van der Waals surface area (Å²) >= 11 is 0. The lowest BCUT2D eigenvalue weighted by atomic mass is 9.85. The van der Waals surface area contributed by atoms with Gasteiger partial charge >= 0.3 is 14.0 Å². The van der Waals surface area contributed by atoms with Crippen LogP contribution in [-0.2, 0) is 14.1 Å². The maximum absolute atomic E-state index is 13.8. The summed E-state index contributed by atoms with van der Waals surface area (Å²) in [6.07, 6.45) is 4.58. The minimum atomic E-state index is -3.02. The van der Waals surface area contributed by atoms with Crippen molar-refractivity contribution in [1.29, 1.82) is 0 Å². The van der Waals surface area contributed by atoms with Crippen LogP contribution in [0.15, 0.2) is 54.6 Å². The first-order valence-corrected chi connectivity index (χ1v) is 12.3. The number of esters is 1. The fourth-order valence-corrected chi connectivity index (χ4v) is 5.04. The van der Waals surface area contributed by atoms with Gasteiger partial charge in [-0.3, -0.25) is 9.78 Å². The Morgan fingerprint density at radius 2 is 1.77 bits per heavy atom. The Hall–Kier alpha value is -3.43. The van der Waals surface area contributed by atoms with Gasteiger partial charge in [-0.1, -0.05) is 62.7 Å². The quantitative estimate of drug-likeness (QED) is 0.239. The highest BCUT2D eigenvalue weighted by Gasteiger charge is 2.44. The number of hydrogen-bond donors (Lipinski definition) is 2. The Kier molecular flexibility index (Phi) is 8.48. The van der Waals surface area contributed by atoms with Gasteiger partial charge in [0.2, 0.25) is 5.66 Å². The van der Waals surface area contributed by atoms with E-state index in [-0.39, 0.29) is 5.92 Å². The third-order valence-electron chi connectivity index (χ3n) is 5.68. The van der Waals surface area contributed by atoms with E-state index in [0.29, 0.717) is 33.6 Å². The molecule has 6 nitrogen and oxygen atoms in total. The highest BCUT2D eigenvalue weighted by atomic mass is 31.1. The number of aliphatic hydroxyl groups is 1. The average Bonchev–Trinajstić information content (AvgIpc) is 2.80. The largest absolute Gasteiger partial charge is 0.516 e. The lowest BCUT2D eigenvalue weighted by Crippen LogP contribution is -2.23. The zero-order valence-corrected chi connectivity index (χ0v) is 20.5. The van der Waals surface area contributed by atoms with Gasteiger partial charge in [-0.15, -0.1) is 0 Å². The Labute approximate surface area is 204 Å². The van der Waals surface area contributed by atoms with Crippen LogP contribution in [0.25, 0.3) is 22.4 Å². The molecule has 0 spiro atoms. The number of hydrogen-bond acceptors (Lipinski definition) is 5. The molecule has 0 bridgehead atoms. The summed E-state index contributed by atoms with van der Waals surface area (Å²) in [6.45, 7) is 5.58. The smallest absolute Gasteiger partial charge is 0.387 e. The molecule has 1 aromatic heterocycles. The van der Waals surface area contributed by atoms with Crippen LogP contribution in [0.4, 0.5) is 4.39 Å². The van der Waals surface area contributed by atoms with Gasteiger partial charge in [-0.25, -0.2) is 4.39 Å². The topological polar surface area (TPSA) is 96.7 Å². The Morgan fingerprint density at radius 1 is 1.14 bits per heavy atom. The molecule has 2 N–H and O–H groups in total. The van der Waals surface area contributed by atoms with E-state index in [2.05, 4.69) is 4.74 Å². The van der Waals surface area contributed by atoms with Crippen molar-refractivity contribution in [2.75, 3.05) is 0 Å². The van der Waals surface area contributed by atoms with Gasteiger partial charge in [0, 0.05) is 11.1 Å². The van der Waals surface area contributed by atoms with Gasteiger partial charge in [0.1, 0.15) is 18.0 Å². The number of nitrogens with zero attached hydrogens (tertiary/aromatic N) is 1. The molecule has 0 amide bonds. The molecule has 8 heteroatoms. The van der Waals surface area contributed by atoms with Crippen LogP contribution < -0.4 is 0 Å². The van der Waals surface area contributed by atoms with Crippen molar-refractivity contribution in [2.24, 2.45) is 0 Å². The molecule has 2 aromatic carbocycles. The van der Waals surface area contributed by atoms with Crippen molar-refractivity contribution < 1.29 is 28.5 Å². The number of terminal acetylenes is 1. The lowest BCUT2D eigenvalue weighted by molar-refractivity contribution is -0.139. The molecule has 3 rings (SSSR count). The molecule has 180 valence electrons. The molecule has 0 radical (unpaired) electrons. The number of aliphatic hydroxyl groups excluding tert-OH is 1. The van der Waals surface area contributed by atoms with E-state index in [4.69, 9.17) is 11.4 Å². The number of benzene rings is 2. The highest BCUT2D eigenvalue weighted by Crippen LogP contribution is 2.50. The predicted molar refractivity (Wildman–Crippen MR) is 132 cm³/mol. The second-order valence-corrected chi connectivity index (χ2v) is 9.56. The number of halogens is 1. The van der Waals surface area contributed by atoms with Crippen LogP contribution in [-0.4, -0.2) is 27.1 Å². The van der Waals surface area contributed by atoms with Gasteiger partial charge in [-0.05, 0) is 46.2 Å². The summed E-state index contributed by atoms with van der Waals surface area (Å²) in [5, 5.41) is 10.9. The molecule has 0 aliphatic rings. The normalized spacial score (nSPS) is 13.1. The minimum Gasteiger partial charge on any atom is -0.387 e. The van der Waals surface area contributed by atoms with Crippen LogP contribution in [0.1, 0.15) is 48.7 Å². The molecular formula is C27H26FNO5P+. The molecule has 3 atom stereocenters. The van der Waals surface area contributed by atoms with Crippen molar-refractivity contribution in [2.45, 2.75) is 44.9 Å². The molecule has 3 unspecified atom stereocenters. The molecule has 0 saturated carbocycles. The molecule has 35 heavy (non-hydrogen) atoms. The Balaban J connectivity index is 2.38. The second kappa shape index (κ2) is 11.3. The molecule has 1 heterocycles. The van der Waals surface area contributed by atoms with Crippen molar-refractivity contribution in [3.63, 3.8) is 0 Å².